The number of azo groups is 1. The van der Waals surface area contributed by atoms with Crippen molar-refractivity contribution in [1.82, 2.24) is 9.78 Å². The fourth-order valence-electron chi connectivity index (χ4n) is 1.93. The van der Waals surface area contributed by atoms with Crippen LogP contribution in [0.1, 0.15) is 5.69 Å². The van der Waals surface area contributed by atoms with Gasteiger partial charge in [-0.3, -0.25) is 0 Å². The van der Waals surface area contributed by atoms with Crippen LogP contribution in [0.4, 0.5) is 11.4 Å². The van der Waals surface area contributed by atoms with Gasteiger partial charge in [0.25, 0.3) is 0 Å². The molecule has 0 spiro atoms. The summed E-state index contributed by atoms with van der Waals surface area (Å²) in [6.07, 6.45) is 1.73. The summed E-state index contributed by atoms with van der Waals surface area (Å²) in [7, 11) is 0. The Labute approximate surface area is 117 Å². The fraction of sp³-hybridized carbons (Fsp3) is 0.0625. The van der Waals surface area contributed by atoms with E-state index in [0.717, 1.165) is 22.8 Å². The molecule has 0 N–H and O–H groups in total. The first-order valence-corrected chi connectivity index (χ1v) is 6.41. The van der Waals surface area contributed by atoms with Crippen LogP contribution in [0.2, 0.25) is 0 Å². The maximum Gasteiger partial charge on any atom is 0.127 e. The molecule has 4 nitrogen and oxygen atoms in total. The minimum Gasteiger partial charge on any atom is -0.236 e. The van der Waals surface area contributed by atoms with E-state index in [4.69, 9.17) is 0 Å². The average molecular weight is 262 g/mol. The molecule has 3 aromatic rings. The van der Waals surface area contributed by atoms with Crippen molar-refractivity contribution >= 4 is 11.4 Å². The number of nitrogens with zero attached hydrogens (tertiary/aromatic N) is 4. The van der Waals surface area contributed by atoms with Crippen LogP contribution < -0.4 is 0 Å². The molecule has 0 bridgehead atoms. The molecule has 0 fully saturated rings. The lowest BCUT2D eigenvalue weighted by Gasteiger charge is -2.03. The molecule has 0 saturated heterocycles. The van der Waals surface area contributed by atoms with Gasteiger partial charge in [-0.25, -0.2) is 4.68 Å². The van der Waals surface area contributed by atoms with E-state index in [1.807, 2.05) is 72.3 Å². The van der Waals surface area contributed by atoms with Gasteiger partial charge in [-0.1, -0.05) is 36.4 Å². The van der Waals surface area contributed by atoms with Gasteiger partial charge in [0.05, 0.1) is 23.3 Å². The SMILES string of the molecule is Cc1c(/N=N/c2ccccc2)cnn1-c1ccccc1. The molecule has 0 radical (unpaired) electrons. The topological polar surface area (TPSA) is 42.5 Å². The molecule has 98 valence electrons. The summed E-state index contributed by atoms with van der Waals surface area (Å²) in [4.78, 5) is 0. The third-order valence-electron chi connectivity index (χ3n) is 3.01. The summed E-state index contributed by atoms with van der Waals surface area (Å²) < 4.78 is 1.86. The molecule has 20 heavy (non-hydrogen) atoms. The summed E-state index contributed by atoms with van der Waals surface area (Å²) in [6.45, 7) is 1.99. The van der Waals surface area contributed by atoms with Crippen molar-refractivity contribution in [3.05, 3.63) is 72.6 Å². The zero-order chi connectivity index (χ0) is 13.8. The van der Waals surface area contributed by atoms with Crippen LogP contribution >= 0.6 is 0 Å². The maximum atomic E-state index is 4.36. The Bertz CT molecular complexity index is 715. The van der Waals surface area contributed by atoms with Crippen LogP contribution in [0.3, 0.4) is 0 Å². The van der Waals surface area contributed by atoms with E-state index in [1.165, 1.54) is 0 Å². The standard InChI is InChI=1S/C16H14N4/c1-13-16(19-18-14-8-4-2-5-9-14)12-17-20(13)15-10-6-3-7-11-15/h2-12H,1H3/b19-18+. The summed E-state index contributed by atoms with van der Waals surface area (Å²) in [5.74, 6) is 0. The summed E-state index contributed by atoms with van der Waals surface area (Å²) >= 11 is 0. The number of rotatable bonds is 3. The van der Waals surface area contributed by atoms with Crippen molar-refractivity contribution < 1.29 is 0 Å². The first-order chi connectivity index (χ1) is 9.84. The Morgan fingerprint density at radius 3 is 2.20 bits per heavy atom. The van der Waals surface area contributed by atoms with E-state index in [2.05, 4.69) is 15.3 Å². The molecule has 3 rings (SSSR count). The van der Waals surface area contributed by atoms with Crippen molar-refractivity contribution in [2.45, 2.75) is 6.92 Å². The maximum absolute atomic E-state index is 4.36. The van der Waals surface area contributed by atoms with Crippen LogP contribution in [-0.4, -0.2) is 9.78 Å². The first-order valence-electron chi connectivity index (χ1n) is 6.41. The Balaban J connectivity index is 1.90. The first kappa shape index (κ1) is 12.3. The molecule has 0 saturated carbocycles. The van der Waals surface area contributed by atoms with Gasteiger partial charge in [0.2, 0.25) is 0 Å². The lowest BCUT2D eigenvalue weighted by molar-refractivity contribution is 0.847. The highest BCUT2D eigenvalue weighted by atomic mass is 15.3. The molecule has 1 heterocycles. The fourth-order valence-corrected chi connectivity index (χ4v) is 1.93. The molecule has 2 aromatic carbocycles. The molecular formula is C16H14N4. The monoisotopic (exact) mass is 262 g/mol. The Hall–Kier alpha value is -2.75. The minimum atomic E-state index is 0.776. The minimum absolute atomic E-state index is 0.776. The van der Waals surface area contributed by atoms with Crippen LogP contribution in [0.5, 0.6) is 0 Å². The highest BCUT2D eigenvalue weighted by molar-refractivity contribution is 5.45. The van der Waals surface area contributed by atoms with Gasteiger partial charge in [-0.05, 0) is 31.2 Å². The Morgan fingerprint density at radius 2 is 1.50 bits per heavy atom. The molecule has 0 unspecified atom stereocenters. The second-order valence-electron chi connectivity index (χ2n) is 4.40. The Kier molecular flexibility index (Phi) is 3.37. The van der Waals surface area contributed by atoms with Crippen molar-refractivity contribution in [3.63, 3.8) is 0 Å². The van der Waals surface area contributed by atoms with E-state index in [-0.39, 0.29) is 0 Å². The highest BCUT2D eigenvalue weighted by Gasteiger charge is 2.06. The zero-order valence-corrected chi connectivity index (χ0v) is 11.1. The van der Waals surface area contributed by atoms with Gasteiger partial charge in [-0.2, -0.15) is 10.2 Å². The molecule has 0 aliphatic rings. The van der Waals surface area contributed by atoms with E-state index >= 15 is 0 Å². The zero-order valence-electron chi connectivity index (χ0n) is 11.1. The third kappa shape index (κ3) is 2.49. The van der Waals surface area contributed by atoms with Gasteiger partial charge in [0.1, 0.15) is 5.69 Å². The van der Waals surface area contributed by atoms with Crippen molar-refractivity contribution in [2.75, 3.05) is 0 Å². The lowest BCUT2D eigenvalue weighted by Crippen LogP contribution is -1.97. The summed E-state index contributed by atoms with van der Waals surface area (Å²) in [5, 5.41) is 12.8. The molecule has 4 heteroatoms. The van der Waals surface area contributed by atoms with E-state index in [1.54, 1.807) is 6.20 Å². The second-order valence-corrected chi connectivity index (χ2v) is 4.40. The molecule has 0 amide bonds. The average Bonchev–Trinajstić information content (AvgIpc) is 2.88. The molecular weight excluding hydrogens is 248 g/mol. The van der Waals surface area contributed by atoms with Gasteiger partial charge in [0, 0.05) is 0 Å². The Morgan fingerprint density at radius 1 is 0.850 bits per heavy atom. The molecule has 1 aromatic heterocycles. The smallest absolute Gasteiger partial charge is 0.127 e. The van der Waals surface area contributed by atoms with E-state index in [0.29, 0.717) is 0 Å². The van der Waals surface area contributed by atoms with Crippen LogP contribution in [0, 0.1) is 6.92 Å². The predicted molar refractivity (Wildman–Crippen MR) is 78.9 cm³/mol. The van der Waals surface area contributed by atoms with Crippen molar-refractivity contribution in [1.29, 1.82) is 0 Å². The van der Waals surface area contributed by atoms with Crippen molar-refractivity contribution in [2.24, 2.45) is 10.2 Å². The lowest BCUT2D eigenvalue weighted by atomic mass is 10.3. The van der Waals surface area contributed by atoms with Crippen LogP contribution in [0.15, 0.2) is 77.1 Å². The van der Waals surface area contributed by atoms with Gasteiger partial charge >= 0.3 is 0 Å². The largest absolute Gasteiger partial charge is 0.236 e. The van der Waals surface area contributed by atoms with Gasteiger partial charge < -0.3 is 0 Å². The number of hydrogen-bond acceptors (Lipinski definition) is 3. The number of aromatic nitrogens is 2. The highest BCUT2D eigenvalue weighted by Crippen LogP contribution is 2.23. The van der Waals surface area contributed by atoms with Crippen molar-refractivity contribution in [3.8, 4) is 5.69 Å². The number of benzene rings is 2. The van der Waals surface area contributed by atoms with E-state index < -0.39 is 0 Å². The second kappa shape index (κ2) is 5.48. The normalized spacial score (nSPS) is 11.1. The quantitative estimate of drug-likeness (QED) is 0.636. The summed E-state index contributed by atoms with van der Waals surface area (Å²) in [6, 6.07) is 19.7. The van der Waals surface area contributed by atoms with Gasteiger partial charge in [0.15, 0.2) is 0 Å². The third-order valence-corrected chi connectivity index (χ3v) is 3.01. The molecule has 0 atom stereocenters. The number of para-hydroxylation sites is 1. The molecule has 0 aliphatic heterocycles. The van der Waals surface area contributed by atoms with Crippen LogP contribution in [0.25, 0.3) is 5.69 Å². The predicted octanol–water partition coefficient (Wildman–Crippen LogP) is 4.60. The molecule has 0 aliphatic carbocycles. The number of hydrogen-bond donors (Lipinski definition) is 0. The van der Waals surface area contributed by atoms with E-state index in [9.17, 15) is 0 Å². The van der Waals surface area contributed by atoms with Gasteiger partial charge in [-0.15, -0.1) is 5.11 Å². The summed E-state index contributed by atoms with van der Waals surface area (Å²) in [5.41, 5.74) is 3.60. The van der Waals surface area contributed by atoms with Crippen LogP contribution in [-0.2, 0) is 0 Å².